The molecule has 2 aliphatic rings. The van der Waals surface area contributed by atoms with Gasteiger partial charge in [0.05, 0.1) is 32.0 Å². The molecule has 0 bridgehead atoms. The number of carbonyl (C=O) groups excluding carboxylic acids is 1. The van der Waals surface area contributed by atoms with E-state index in [0.717, 1.165) is 22.2 Å². The van der Waals surface area contributed by atoms with Crippen LogP contribution in [0.4, 0.5) is 23.5 Å². The van der Waals surface area contributed by atoms with Crippen LogP contribution in [0.15, 0.2) is 24.8 Å². The van der Waals surface area contributed by atoms with Gasteiger partial charge in [-0.3, -0.25) is 9.78 Å². The molecule has 2 aromatic heterocycles. The van der Waals surface area contributed by atoms with Crippen molar-refractivity contribution in [1.82, 2.24) is 19.9 Å². The van der Waals surface area contributed by atoms with Crippen molar-refractivity contribution in [2.45, 2.75) is 24.6 Å². The second kappa shape index (κ2) is 7.64. The fraction of sp³-hybridized carbons (Fsp3) is 0.421. The molecular weight excluding hydrogens is 420 g/mol. The third-order valence-electron chi connectivity index (χ3n) is 5.27. The maximum absolute atomic E-state index is 15.6. The molecule has 2 aliphatic heterocycles. The summed E-state index contributed by atoms with van der Waals surface area (Å²) < 4.78 is 63.9. The van der Waals surface area contributed by atoms with Crippen molar-refractivity contribution in [3.63, 3.8) is 0 Å². The molecule has 4 rings (SSSR count). The standard InChI is InChI=1S/C19H16F4N6O2/c20-14-8-26-17(27-9-14)29-2-1-18(21,19(22,23)11-29)16(30)28-3-4-31-15-12(5-24)6-25-7-13(15)10-28/h6-9H,1-4,10-11H2. The van der Waals surface area contributed by atoms with E-state index < -0.39 is 36.3 Å². The largest absolute Gasteiger partial charge is 0.490 e. The number of aromatic nitrogens is 3. The van der Waals surface area contributed by atoms with Gasteiger partial charge in [0.25, 0.3) is 11.6 Å². The topological polar surface area (TPSA) is 95.2 Å². The third kappa shape index (κ3) is 3.60. The van der Waals surface area contributed by atoms with Gasteiger partial charge in [-0.15, -0.1) is 0 Å². The average molecular weight is 436 g/mol. The van der Waals surface area contributed by atoms with Crippen LogP contribution in [0.3, 0.4) is 0 Å². The SMILES string of the molecule is N#Cc1cncc2c1OCCN(C(=O)C1(F)CCN(c3ncc(F)cn3)CC1(F)F)C2. The highest BCUT2D eigenvalue weighted by atomic mass is 19.3. The van der Waals surface area contributed by atoms with Gasteiger partial charge in [-0.1, -0.05) is 0 Å². The molecule has 0 saturated carbocycles. The predicted octanol–water partition coefficient (Wildman–Crippen LogP) is 1.86. The quantitative estimate of drug-likeness (QED) is 0.663. The summed E-state index contributed by atoms with van der Waals surface area (Å²) in [7, 11) is 0. The monoisotopic (exact) mass is 436 g/mol. The molecule has 0 aliphatic carbocycles. The van der Waals surface area contributed by atoms with Crippen LogP contribution in [0, 0.1) is 17.1 Å². The van der Waals surface area contributed by atoms with E-state index in [1.165, 1.54) is 12.4 Å². The lowest BCUT2D eigenvalue weighted by Gasteiger charge is -2.43. The Hall–Kier alpha value is -3.49. The van der Waals surface area contributed by atoms with Crippen molar-refractivity contribution in [1.29, 1.82) is 5.26 Å². The van der Waals surface area contributed by atoms with Gasteiger partial charge in [0.15, 0.2) is 5.82 Å². The van der Waals surface area contributed by atoms with Gasteiger partial charge < -0.3 is 14.5 Å². The van der Waals surface area contributed by atoms with Crippen molar-refractivity contribution in [2.24, 2.45) is 0 Å². The molecular formula is C19H16F4N6O2. The molecule has 1 fully saturated rings. The summed E-state index contributed by atoms with van der Waals surface area (Å²) in [6, 6.07) is 1.91. The number of nitriles is 1. The summed E-state index contributed by atoms with van der Waals surface area (Å²) in [4.78, 5) is 26.1. The van der Waals surface area contributed by atoms with Crippen molar-refractivity contribution in [3.05, 3.63) is 41.7 Å². The first-order valence-electron chi connectivity index (χ1n) is 9.33. The molecule has 2 aromatic rings. The number of halogens is 4. The Bertz CT molecular complexity index is 1040. The Kier molecular flexibility index (Phi) is 5.12. The average Bonchev–Trinajstić information content (AvgIpc) is 2.98. The molecule has 1 unspecified atom stereocenters. The lowest BCUT2D eigenvalue weighted by molar-refractivity contribution is -0.182. The number of hydrogen-bond acceptors (Lipinski definition) is 7. The van der Waals surface area contributed by atoms with Gasteiger partial charge in [0.2, 0.25) is 5.95 Å². The van der Waals surface area contributed by atoms with Gasteiger partial charge in [-0.2, -0.15) is 5.26 Å². The minimum Gasteiger partial charge on any atom is -0.490 e. The highest BCUT2D eigenvalue weighted by Crippen LogP contribution is 2.42. The summed E-state index contributed by atoms with van der Waals surface area (Å²) in [5.41, 5.74) is -2.98. The number of hydrogen-bond donors (Lipinski definition) is 0. The van der Waals surface area contributed by atoms with Crippen LogP contribution >= 0.6 is 0 Å². The number of rotatable bonds is 2. The second-order valence-corrected chi connectivity index (χ2v) is 7.24. The van der Waals surface area contributed by atoms with Crippen molar-refractivity contribution in [3.8, 4) is 11.8 Å². The smallest absolute Gasteiger partial charge is 0.307 e. The van der Waals surface area contributed by atoms with Crippen molar-refractivity contribution in [2.75, 3.05) is 31.1 Å². The molecule has 1 atom stereocenters. The van der Waals surface area contributed by atoms with Crippen molar-refractivity contribution < 1.29 is 27.1 Å². The van der Waals surface area contributed by atoms with E-state index >= 15 is 4.39 Å². The van der Waals surface area contributed by atoms with Crippen LogP contribution in [0.25, 0.3) is 0 Å². The number of nitrogens with zero attached hydrogens (tertiary/aromatic N) is 6. The molecule has 31 heavy (non-hydrogen) atoms. The van der Waals surface area contributed by atoms with Crippen LogP contribution < -0.4 is 9.64 Å². The van der Waals surface area contributed by atoms with Gasteiger partial charge in [0, 0.05) is 30.9 Å². The Labute approximate surface area is 174 Å². The lowest BCUT2D eigenvalue weighted by atomic mass is 9.87. The molecule has 4 heterocycles. The van der Waals surface area contributed by atoms with Gasteiger partial charge in [-0.05, 0) is 0 Å². The highest BCUT2D eigenvalue weighted by molar-refractivity contribution is 5.87. The van der Waals surface area contributed by atoms with Gasteiger partial charge >= 0.3 is 5.92 Å². The highest BCUT2D eigenvalue weighted by Gasteiger charge is 2.64. The zero-order valence-corrected chi connectivity index (χ0v) is 16.1. The summed E-state index contributed by atoms with van der Waals surface area (Å²) in [5.74, 6) is -6.13. The fourth-order valence-electron chi connectivity index (χ4n) is 3.64. The van der Waals surface area contributed by atoms with E-state index in [1.807, 2.05) is 6.07 Å². The minimum atomic E-state index is -4.05. The summed E-state index contributed by atoms with van der Waals surface area (Å²) in [6.45, 7) is -1.84. The summed E-state index contributed by atoms with van der Waals surface area (Å²) in [6.07, 6.45) is 3.47. The van der Waals surface area contributed by atoms with Crippen LogP contribution in [-0.2, 0) is 11.3 Å². The van der Waals surface area contributed by atoms with Crippen molar-refractivity contribution >= 4 is 11.9 Å². The maximum Gasteiger partial charge on any atom is 0.307 e. The minimum absolute atomic E-state index is 0.0887. The molecule has 0 N–H and O–H groups in total. The second-order valence-electron chi connectivity index (χ2n) is 7.24. The summed E-state index contributed by atoms with van der Waals surface area (Å²) in [5, 5.41) is 9.16. The normalized spacial score (nSPS) is 22.7. The van der Waals surface area contributed by atoms with E-state index in [-0.39, 0.29) is 43.5 Å². The maximum atomic E-state index is 15.6. The number of ether oxygens (including phenoxy) is 1. The number of alkyl halides is 3. The Morgan fingerprint density at radius 3 is 2.58 bits per heavy atom. The molecule has 0 radical (unpaired) electrons. The molecule has 12 heteroatoms. The van der Waals surface area contributed by atoms with Gasteiger partial charge in [-0.25, -0.2) is 27.5 Å². The number of carbonyl (C=O) groups is 1. The van der Waals surface area contributed by atoms with Gasteiger partial charge in [0.1, 0.15) is 24.0 Å². The van der Waals surface area contributed by atoms with E-state index in [0.29, 0.717) is 5.56 Å². The zero-order valence-electron chi connectivity index (χ0n) is 16.1. The van der Waals surface area contributed by atoms with E-state index in [1.54, 1.807) is 0 Å². The Morgan fingerprint density at radius 1 is 1.16 bits per heavy atom. The molecule has 1 saturated heterocycles. The van der Waals surface area contributed by atoms with E-state index in [2.05, 4.69) is 15.0 Å². The predicted molar refractivity (Wildman–Crippen MR) is 97.5 cm³/mol. The lowest BCUT2D eigenvalue weighted by Crippen LogP contribution is -2.65. The Morgan fingerprint density at radius 2 is 1.90 bits per heavy atom. The molecule has 162 valence electrons. The number of anilines is 1. The Balaban J connectivity index is 1.56. The molecule has 0 aromatic carbocycles. The van der Waals surface area contributed by atoms with E-state index in [4.69, 9.17) is 10.00 Å². The first kappa shape index (κ1) is 20.8. The third-order valence-corrected chi connectivity index (χ3v) is 5.27. The van der Waals surface area contributed by atoms with E-state index in [9.17, 15) is 18.0 Å². The number of pyridine rings is 1. The summed E-state index contributed by atoms with van der Waals surface area (Å²) >= 11 is 0. The number of amides is 1. The van der Waals surface area contributed by atoms with Crippen LogP contribution in [0.5, 0.6) is 5.75 Å². The van der Waals surface area contributed by atoms with Crippen LogP contribution in [-0.4, -0.2) is 63.6 Å². The van der Waals surface area contributed by atoms with Crippen LogP contribution in [0.1, 0.15) is 17.5 Å². The first-order chi connectivity index (χ1) is 14.7. The van der Waals surface area contributed by atoms with Crippen LogP contribution in [0.2, 0.25) is 0 Å². The molecule has 1 amide bonds. The molecule has 0 spiro atoms. The number of fused-ring (bicyclic) bond motifs is 1. The number of piperidine rings is 1. The zero-order chi connectivity index (χ0) is 22.2. The fourth-order valence-corrected chi connectivity index (χ4v) is 3.64. The first-order valence-corrected chi connectivity index (χ1v) is 9.33. The molecule has 8 nitrogen and oxygen atoms in total.